The van der Waals surface area contributed by atoms with Gasteiger partial charge < -0.3 is 0 Å². The van der Waals surface area contributed by atoms with Crippen LogP contribution in [0.5, 0.6) is 5.75 Å². The van der Waals surface area contributed by atoms with Crippen LogP contribution >= 0.6 is 34.5 Å². The molecule has 4 bridgehead atoms. The van der Waals surface area contributed by atoms with Crippen LogP contribution in [0.1, 0.15) is 67.3 Å². The summed E-state index contributed by atoms with van der Waals surface area (Å²) < 4.78 is 79.2. The van der Waals surface area contributed by atoms with E-state index in [-0.39, 0.29) is 27.7 Å². The molecular formula is C31H30F5I2NO2. The number of carbonyl (C=O) groups excluding carboxylic acids is 1. The standard InChI is InChI=1S/C31H30F5I2NO2/c1-29(27(33)34)26-16-20(12-13-25(26)30(2,35)36)31(18-19-8-4-3-5-9-19,21-14-22(32)17-24(15-21)41-29)38(37)28(40)39-23-10-6-7-11-23/h3-5,8-9,12-17,23,27H,6-7,10-11,18H2,1-2H3,(H,39,40)/t29-,31?/m0/s1. The SMILES string of the molecule is CC(F)(F)c1ccc2cc1[C@@](C)(C(F)F)Oc1cc(F)cc(c1)C2(Cc1ccccc1)I(I)C(=O)NC1CCCC1. The van der Waals surface area contributed by atoms with Gasteiger partial charge in [0.1, 0.15) is 0 Å². The Balaban J connectivity index is 1.83. The number of alkyl halides is 5. The number of halogens is 7. The average Bonchev–Trinajstić information content (AvgIpc) is 3.43. The number of benzene rings is 3. The summed E-state index contributed by atoms with van der Waals surface area (Å²) >= 11 is -0.815. The summed E-state index contributed by atoms with van der Waals surface area (Å²) in [6, 6.07) is 17.2. The summed E-state index contributed by atoms with van der Waals surface area (Å²) in [6.07, 6.45) is 0.799. The maximum atomic E-state index is 15.3. The quantitative estimate of drug-likeness (QED) is 0.0851. The summed E-state index contributed by atoms with van der Waals surface area (Å²) in [5.41, 5.74) is -1.83. The van der Waals surface area contributed by atoms with Crippen LogP contribution in [-0.2, 0) is 21.4 Å². The Kier molecular flexibility index (Phi) is 8.64. The van der Waals surface area contributed by atoms with Crippen molar-refractivity contribution in [3.63, 3.8) is 0 Å². The molecule has 1 heterocycles. The number of nitrogens with one attached hydrogen (secondary N) is 1. The average molecular weight is 797 g/mol. The van der Waals surface area contributed by atoms with E-state index in [9.17, 15) is 22.4 Å². The van der Waals surface area contributed by atoms with E-state index in [1.54, 1.807) is 0 Å². The Bertz CT molecular complexity index is 1430. The summed E-state index contributed by atoms with van der Waals surface area (Å²) in [7, 11) is 0. The van der Waals surface area contributed by atoms with Crippen molar-refractivity contribution in [2.24, 2.45) is 0 Å². The van der Waals surface area contributed by atoms with Gasteiger partial charge in [0.25, 0.3) is 0 Å². The Morgan fingerprint density at radius 3 is 2.39 bits per heavy atom. The van der Waals surface area contributed by atoms with Crippen molar-refractivity contribution in [1.29, 1.82) is 0 Å². The Morgan fingerprint density at radius 2 is 1.76 bits per heavy atom. The number of hydrogen-bond donors (Lipinski definition) is 1. The molecule has 0 saturated heterocycles. The molecule has 0 aromatic heterocycles. The summed E-state index contributed by atoms with van der Waals surface area (Å²) in [6.45, 7) is 1.70. The minimum atomic E-state index is -3.46. The van der Waals surface area contributed by atoms with Crippen molar-refractivity contribution < 1.29 is 31.5 Å². The molecule has 3 nitrogen and oxygen atoms in total. The molecule has 220 valence electrons. The third kappa shape index (κ3) is 5.83. The van der Waals surface area contributed by atoms with Gasteiger partial charge >= 0.3 is 255 Å². The second-order valence-corrected chi connectivity index (χ2v) is 20.6. The topological polar surface area (TPSA) is 38.3 Å². The first-order chi connectivity index (χ1) is 19.3. The van der Waals surface area contributed by atoms with Crippen LogP contribution in [0.3, 0.4) is 0 Å². The van der Waals surface area contributed by atoms with Crippen molar-refractivity contribution in [2.75, 3.05) is 0 Å². The number of hydrogen-bond acceptors (Lipinski definition) is 2. The van der Waals surface area contributed by atoms with Crippen LogP contribution < -0.4 is 10.1 Å². The zero-order valence-electron chi connectivity index (χ0n) is 22.5. The summed E-state index contributed by atoms with van der Waals surface area (Å²) in [5, 5.41) is 3.20. The van der Waals surface area contributed by atoms with Crippen molar-refractivity contribution >= 4 is 38.4 Å². The normalized spacial score (nSPS) is 22.9. The molecule has 1 saturated carbocycles. The molecule has 3 aromatic carbocycles. The van der Waals surface area contributed by atoms with Gasteiger partial charge in [0.05, 0.1) is 0 Å². The molecule has 1 aliphatic carbocycles. The minimum absolute atomic E-state index is 0.0347. The fourth-order valence-electron chi connectivity index (χ4n) is 5.82. The van der Waals surface area contributed by atoms with Crippen LogP contribution in [0.4, 0.5) is 26.7 Å². The van der Waals surface area contributed by atoms with Crippen LogP contribution in [0.15, 0.2) is 66.7 Å². The summed E-state index contributed by atoms with van der Waals surface area (Å²) in [4.78, 5) is 14.0. The Morgan fingerprint density at radius 1 is 1.07 bits per heavy atom. The van der Waals surface area contributed by atoms with Crippen molar-refractivity contribution in [2.45, 2.75) is 73.4 Å². The molecule has 41 heavy (non-hydrogen) atoms. The van der Waals surface area contributed by atoms with Crippen molar-refractivity contribution in [3.8, 4) is 5.75 Å². The van der Waals surface area contributed by atoms with Gasteiger partial charge in [0, 0.05) is 0 Å². The van der Waals surface area contributed by atoms with E-state index >= 15 is 4.39 Å². The predicted molar refractivity (Wildman–Crippen MR) is 166 cm³/mol. The molecule has 1 fully saturated rings. The molecule has 5 rings (SSSR count). The van der Waals surface area contributed by atoms with Crippen molar-refractivity contribution in [1.82, 2.24) is 5.32 Å². The molecular weight excluding hydrogens is 767 g/mol. The van der Waals surface area contributed by atoms with Gasteiger partial charge in [-0.25, -0.2) is 0 Å². The zero-order chi connectivity index (χ0) is 29.6. The molecule has 1 aliphatic heterocycles. The molecule has 2 atom stereocenters. The van der Waals surface area contributed by atoms with E-state index in [4.69, 9.17) is 4.74 Å². The van der Waals surface area contributed by atoms with Crippen LogP contribution in [-0.4, -0.2) is 16.4 Å². The first-order valence-electron chi connectivity index (χ1n) is 13.4. The van der Waals surface area contributed by atoms with Gasteiger partial charge in [-0.15, -0.1) is 0 Å². The van der Waals surface area contributed by atoms with Crippen LogP contribution in [0.25, 0.3) is 0 Å². The van der Waals surface area contributed by atoms with Gasteiger partial charge in [-0.2, -0.15) is 0 Å². The number of fused-ring (bicyclic) bond motifs is 4. The second-order valence-electron chi connectivity index (χ2n) is 10.9. The fraction of sp³-hybridized carbons (Fsp3) is 0.387. The van der Waals surface area contributed by atoms with E-state index < -0.39 is 48.6 Å². The fourth-order valence-corrected chi connectivity index (χ4v) is 14.8. The molecule has 2 aliphatic rings. The zero-order valence-corrected chi connectivity index (χ0v) is 26.8. The Hall–Kier alpha value is -1.96. The second kappa shape index (κ2) is 11.6. The first-order valence-corrected chi connectivity index (χ1v) is 21.8. The monoisotopic (exact) mass is 797 g/mol. The van der Waals surface area contributed by atoms with Gasteiger partial charge in [-0.05, 0) is 0 Å². The van der Waals surface area contributed by atoms with E-state index in [0.717, 1.165) is 50.3 Å². The van der Waals surface area contributed by atoms with Gasteiger partial charge in [0.2, 0.25) is 0 Å². The number of amides is 1. The molecule has 0 spiro atoms. The molecule has 1 amide bonds. The van der Waals surface area contributed by atoms with Crippen LogP contribution in [0, 0.1) is 5.82 Å². The molecule has 1 unspecified atom stereocenters. The third-order valence-corrected chi connectivity index (χ3v) is 19.5. The van der Waals surface area contributed by atoms with E-state index in [1.165, 1.54) is 24.3 Å². The van der Waals surface area contributed by atoms with E-state index in [2.05, 4.69) is 23.9 Å². The number of ether oxygens (including phenoxy) is 1. The Labute approximate surface area is 253 Å². The summed E-state index contributed by atoms with van der Waals surface area (Å²) in [5.74, 6) is -4.39. The predicted octanol–water partition coefficient (Wildman–Crippen LogP) is 9.80. The third-order valence-electron chi connectivity index (χ3n) is 7.96. The molecule has 10 heteroatoms. The van der Waals surface area contributed by atoms with E-state index in [1.807, 2.05) is 30.3 Å². The van der Waals surface area contributed by atoms with Crippen molar-refractivity contribution in [3.05, 3.63) is 100 Å². The van der Waals surface area contributed by atoms with E-state index in [0.29, 0.717) is 18.1 Å². The molecule has 3 aromatic rings. The number of rotatable bonds is 7. The van der Waals surface area contributed by atoms with Gasteiger partial charge in [-0.3, -0.25) is 0 Å². The maximum absolute atomic E-state index is 15.3. The first kappa shape index (κ1) is 30.5. The molecule has 1 N–H and O–H groups in total. The van der Waals surface area contributed by atoms with Gasteiger partial charge in [-0.1, -0.05) is 0 Å². The van der Waals surface area contributed by atoms with Gasteiger partial charge in [0.15, 0.2) is 0 Å². The number of carbonyl (C=O) groups is 1. The molecule has 0 radical (unpaired) electrons. The van der Waals surface area contributed by atoms with Crippen LogP contribution in [0.2, 0.25) is 0 Å².